The van der Waals surface area contributed by atoms with Crippen molar-refractivity contribution in [1.29, 1.82) is 0 Å². The van der Waals surface area contributed by atoms with Gasteiger partial charge in [0, 0.05) is 54.7 Å². The van der Waals surface area contributed by atoms with E-state index >= 15 is 0 Å². The summed E-state index contributed by atoms with van der Waals surface area (Å²) in [6.07, 6.45) is 0. The standard InChI is InChI=1S/C29H33ClN4O3/c1-20(2)19-31-29(36)24-18-23(32-28(35)21-8-10-22(30)11-9-21)12-13-25(24)33-14-16-34(17-15-33)26-6-4-5-7-27(26)37-3/h4-13,18,20H,14-17,19H2,1-3H3,(H,31,36)(H,32,35). The first kappa shape index (κ1) is 26.4. The molecule has 3 aromatic rings. The van der Waals surface area contributed by atoms with Crippen molar-refractivity contribution in [3.05, 3.63) is 82.9 Å². The molecule has 1 saturated heterocycles. The van der Waals surface area contributed by atoms with E-state index in [4.69, 9.17) is 16.3 Å². The van der Waals surface area contributed by atoms with Crippen LogP contribution in [0.4, 0.5) is 17.1 Å². The molecule has 7 nitrogen and oxygen atoms in total. The average molecular weight is 521 g/mol. The third-order valence-electron chi connectivity index (χ3n) is 6.32. The van der Waals surface area contributed by atoms with E-state index in [1.165, 1.54) is 0 Å². The molecule has 1 heterocycles. The number of carbonyl (C=O) groups excluding carboxylic acids is 2. The fourth-order valence-corrected chi connectivity index (χ4v) is 4.47. The molecule has 0 saturated carbocycles. The summed E-state index contributed by atoms with van der Waals surface area (Å²) in [6, 6.07) is 20.2. The van der Waals surface area contributed by atoms with E-state index < -0.39 is 0 Å². The molecule has 0 radical (unpaired) electrons. The molecule has 4 rings (SSSR count). The summed E-state index contributed by atoms with van der Waals surface area (Å²) in [5, 5.41) is 6.50. The van der Waals surface area contributed by atoms with Crippen molar-refractivity contribution >= 4 is 40.5 Å². The van der Waals surface area contributed by atoms with Gasteiger partial charge >= 0.3 is 0 Å². The maximum Gasteiger partial charge on any atom is 0.255 e. The lowest BCUT2D eigenvalue weighted by Crippen LogP contribution is -2.47. The predicted molar refractivity (Wildman–Crippen MR) is 150 cm³/mol. The number of piperazine rings is 1. The summed E-state index contributed by atoms with van der Waals surface area (Å²) in [6.45, 7) is 7.77. The van der Waals surface area contributed by atoms with Gasteiger partial charge in [0.1, 0.15) is 5.75 Å². The summed E-state index contributed by atoms with van der Waals surface area (Å²) in [7, 11) is 1.68. The van der Waals surface area contributed by atoms with Gasteiger partial charge in [0.05, 0.1) is 18.4 Å². The minimum Gasteiger partial charge on any atom is -0.495 e. The Morgan fingerprint density at radius 3 is 2.19 bits per heavy atom. The molecule has 0 unspecified atom stereocenters. The second-order valence-electron chi connectivity index (χ2n) is 9.44. The smallest absolute Gasteiger partial charge is 0.255 e. The summed E-state index contributed by atoms with van der Waals surface area (Å²) in [5.74, 6) is 0.761. The molecule has 2 N–H and O–H groups in total. The number of para-hydroxylation sites is 2. The van der Waals surface area contributed by atoms with Crippen LogP contribution < -0.4 is 25.2 Å². The van der Waals surface area contributed by atoms with E-state index in [1.54, 1.807) is 37.4 Å². The third kappa shape index (κ3) is 6.54. The van der Waals surface area contributed by atoms with E-state index in [-0.39, 0.29) is 11.8 Å². The molecular weight excluding hydrogens is 488 g/mol. The molecule has 1 fully saturated rings. The van der Waals surface area contributed by atoms with Crippen LogP contribution in [0.2, 0.25) is 5.02 Å². The number of hydrogen-bond donors (Lipinski definition) is 2. The number of nitrogens with one attached hydrogen (secondary N) is 2. The third-order valence-corrected chi connectivity index (χ3v) is 6.57. The van der Waals surface area contributed by atoms with Gasteiger partial charge in [-0.25, -0.2) is 0 Å². The monoisotopic (exact) mass is 520 g/mol. The van der Waals surface area contributed by atoms with E-state index in [9.17, 15) is 9.59 Å². The summed E-state index contributed by atoms with van der Waals surface area (Å²) >= 11 is 5.94. The van der Waals surface area contributed by atoms with E-state index in [1.807, 2.05) is 30.3 Å². The van der Waals surface area contributed by atoms with Gasteiger partial charge < -0.3 is 25.2 Å². The summed E-state index contributed by atoms with van der Waals surface area (Å²) in [4.78, 5) is 30.5. The summed E-state index contributed by atoms with van der Waals surface area (Å²) < 4.78 is 5.54. The molecule has 0 atom stereocenters. The van der Waals surface area contributed by atoms with Crippen LogP contribution in [0.5, 0.6) is 5.75 Å². The van der Waals surface area contributed by atoms with Gasteiger partial charge in [-0.05, 0) is 60.5 Å². The van der Waals surface area contributed by atoms with Crippen molar-refractivity contribution in [1.82, 2.24) is 5.32 Å². The lowest BCUT2D eigenvalue weighted by molar-refractivity contribution is 0.0948. The Morgan fingerprint density at radius 2 is 1.54 bits per heavy atom. The number of amides is 2. The molecular formula is C29H33ClN4O3. The molecule has 37 heavy (non-hydrogen) atoms. The molecule has 3 aromatic carbocycles. The zero-order valence-corrected chi connectivity index (χ0v) is 22.2. The highest BCUT2D eigenvalue weighted by Crippen LogP contribution is 2.31. The second-order valence-corrected chi connectivity index (χ2v) is 9.88. The first-order valence-electron chi connectivity index (χ1n) is 12.5. The first-order valence-corrected chi connectivity index (χ1v) is 12.9. The number of rotatable bonds is 8. The normalized spacial score (nSPS) is 13.4. The maximum absolute atomic E-state index is 13.2. The van der Waals surface area contributed by atoms with Crippen LogP contribution in [0, 0.1) is 5.92 Å². The Bertz CT molecular complexity index is 1240. The summed E-state index contributed by atoms with van der Waals surface area (Å²) in [5.41, 5.74) is 3.52. The van der Waals surface area contributed by atoms with Gasteiger partial charge in [0.2, 0.25) is 0 Å². The van der Waals surface area contributed by atoms with E-state index in [0.29, 0.717) is 34.3 Å². The lowest BCUT2D eigenvalue weighted by atomic mass is 10.1. The second kappa shape index (κ2) is 12.0. The van der Waals surface area contributed by atoms with E-state index in [0.717, 1.165) is 43.3 Å². The van der Waals surface area contributed by atoms with Crippen LogP contribution in [0.3, 0.4) is 0 Å². The van der Waals surface area contributed by atoms with Gasteiger partial charge in [0.15, 0.2) is 0 Å². The topological polar surface area (TPSA) is 73.9 Å². The Hall–Kier alpha value is -3.71. The number of benzene rings is 3. The largest absolute Gasteiger partial charge is 0.495 e. The molecule has 2 amide bonds. The van der Waals surface area contributed by atoms with Crippen molar-refractivity contribution in [2.45, 2.75) is 13.8 Å². The van der Waals surface area contributed by atoms with E-state index in [2.05, 4.69) is 40.3 Å². The number of halogens is 1. The fraction of sp³-hybridized carbons (Fsp3) is 0.310. The number of carbonyl (C=O) groups is 2. The lowest BCUT2D eigenvalue weighted by Gasteiger charge is -2.38. The fourth-order valence-electron chi connectivity index (χ4n) is 4.35. The molecule has 194 valence electrons. The van der Waals surface area contributed by atoms with Crippen molar-refractivity contribution in [2.24, 2.45) is 5.92 Å². The van der Waals surface area contributed by atoms with Crippen LogP contribution in [-0.2, 0) is 0 Å². The minimum atomic E-state index is -0.261. The van der Waals surface area contributed by atoms with Crippen LogP contribution in [0.1, 0.15) is 34.6 Å². The molecule has 1 aliphatic rings. The van der Waals surface area contributed by atoms with Gasteiger partial charge in [-0.2, -0.15) is 0 Å². The number of methoxy groups -OCH3 is 1. The molecule has 1 aliphatic heterocycles. The van der Waals surface area contributed by atoms with Crippen LogP contribution >= 0.6 is 11.6 Å². The van der Waals surface area contributed by atoms with Gasteiger partial charge in [-0.3, -0.25) is 9.59 Å². The Labute approximate surface area is 223 Å². The molecule has 0 aliphatic carbocycles. The highest BCUT2D eigenvalue weighted by atomic mass is 35.5. The molecule has 0 spiro atoms. The van der Waals surface area contributed by atoms with Gasteiger partial charge in [-0.1, -0.05) is 37.6 Å². The van der Waals surface area contributed by atoms with Gasteiger partial charge in [0.25, 0.3) is 11.8 Å². The number of nitrogens with zero attached hydrogens (tertiary/aromatic N) is 2. The highest BCUT2D eigenvalue weighted by molar-refractivity contribution is 6.30. The first-order chi connectivity index (χ1) is 17.9. The maximum atomic E-state index is 13.2. The minimum absolute atomic E-state index is 0.154. The number of anilines is 3. The predicted octanol–water partition coefficient (Wildman–Crippen LogP) is 5.31. The molecule has 0 aromatic heterocycles. The molecule has 8 heteroatoms. The van der Waals surface area contributed by atoms with Crippen molar-refractivity contribution < 1.29 is 14.3 Å². The Morgan fingerprint density at radius 1 is 0.892 bits per heavy atom. The number of hydrogen-bond acceptors (Lipinski definition) is 5. The SMILES string of the molecule is COc1ccccc1N1CCN(c2ccc(NC(=O)c3ccc(Cl)cc3)cc2C(=O)NCC(C)C)CC1. The number of ether oxygens (including phenoxy) is 1. The highest BCUT2D eigenvalue weighted by Gasteiger charge is 2.24. The molecule has 0 bridgehead atoms. The van der Waals surface area contributed by atoms with Crippen molar-refractivity contribution in [3.63, 3.8) is 0 Å². The Kier molecular flexibility index (Phi) is 8.56. The Balaban J connectivity index is 1.54. The van der Waals surface area contributed by atoms with Crippen LogP contribution in [-0.4, -0.2) is 51.6 Å². The van der Waals surface area contributed by atoms with Crippen molar-refractivity contribution in [3.8, 4) is 5.75 Å². The van der Waals surface area contributed by atoms with Crippen molar-refractivity contribution in [2.75, 3.05) is 55.0 Å². The zero-order chi connectivity index (χ0) is 26.4. The quantitative estimate of drug-likeness (QED) is 0.421. The average Bonchev–Trinajstić information content (AvgIpc) is 2.92. The zero-order valence-electron chi connectivity index (χ0n) is 21.5. The van der Waals surface area contributed by atoms with Gasteiger partial charge in [-0.15, -0.1) is 0 Å². The van der Waals surface area contributed by atoms with Crippen LogP contribution in [0.25, 0.3) is 0 Å². The van der Waals surface area contributed by atoms with Crippen LogP contribution in [0.15, 0.2) is 66.7 Å².